The van der Waals surface area contributed by atoms with Crippen molar-refractivity contribution in [2.45, 2.75) is 182 Å². The zero-order valence-electron chi connectivity index (χ0n) is 24.3. The Balaban J connectivity index is 2.28. The maximum Gasteiger partial charge on any atom is 0.0155 e. The fourth-order valence-corrected chi connectivity index (χ4v) is 6.85. The lowest BCUT2D eigenvalue weighted by atomic mass is 9.82. The molecule has 33 heavy (non-hydrogen) atoms. The van der Waals surface area contributed by atoms with Gasteiger partial charge in [0.25, 0.3) is 0 Å². The summed E-state index contributed by atoms with van der Waals surface area (Å²) in [4.78, 5) is 0. The van der Waals surface area contributed by atoms with Gasteiger partial charge in [0.05, 0.1) is 0 Å². The Bertz CT molecular complexity index is 446. The van der Waals surface area contributed by atoms with Crippen LogP contribution in [0.1, 0.15) is 170 Å². The van der Waals surface area contributed by atoms with E-state index < -0.39 is 0 Å². The number of unbranched alkanes of at least 4 members (excludes halogenated alkanes) is 5. The topological polar surface area (TPSA) is 12.0 Å². The normalized spacial score (nSPS) is 23.4. The minimum Gasteiger partial charge on any atom is -0.309 e. The third kappa shape index (κ3) is 13.6. The molecule has 0 bridgehead atoms. The number of hydrogen-bond acceptors (Lipinski definition) is 1. The lowest BCUT2D eigenvalue weighted by molar-refractivity contribution is 0.247. The lowest BCUT2D eigenvalue weighted by Crippen LogP contribution is -2.47. The van der Waals surface area contributed by atoms with Crippen molar-refractivity contribution in [3.8, 4) is 0 Å². The van der Waals surface area contributed by atoms with Gasteiger partial charge in [-0.15, -0.1) is 0 Å². The van der Waals surface area contributed by atoms with E-state index in [1.54, 1.807) is 0 Å². The molecule has 1 saturated carbocycles. The Morgan fingerprint density at radius 2 is 1.39 bits per heavy atom. The highest BCUT2D eigenvalue weighted by Crippen LogP contribution is 2.38. The van der Waals surface area contributed by atoms with E-state index in [2.05, 4.69) is 53.8 Å². The summed E-state index contributed by atoms with van der Waals surface area (Å²) in [5.74, 6) is 3.93. The Labute approximate surface area is 211 Å². The second-order valence-electron chi connectivity index (χ2n) is 12.6. The van der Waals surface area contributed by atoms with Crippen molar-refractivity contribution in [3.05, 3.63) is 0 Å². The molecule has 1 fully saturated rings. The summed E-state index contributed by atoms with van der Waals surface area (Å²) in [7, 11) is 0. The van der Waals surface area contributed by atoms with E-state index in [1.165, 1.54) is 122 Å². The van der Waals surface area contributed by atoms with E-state index in [0.717, 1.165) is 23.7 Å². The van der Waals surface area contributed by atoms with Gasteiger partial charge in [0.2, 0.25) is 0 Å². The molecule has 0 amide bonds. The van der Waals surface area contributed by atoms with E-state index in [-0.39, 0.29) is 0 Å². The van der Waals surface area contributed by atoms with E-state index >= 15 is 0 Å². The first-order valence-electron chi connectivity index (χ1n) is 15.6. The minimum absolute atomic E-state index is 0.341. The molecule has 0 aromatic carbocycles. The van der Waals surface area contributed by atoms with Crippen LogP contribution >= 0.6 is 0 Å². The molecule has 0 aromatic rings. The highest BCUT2D eigenvalue weighted by molar-refractivity contribution is 4.86. The molecule has 0 aromatic heterocycles. The number of rotatable bonds is 21. The molecule has 0 aliphatic heterocycles. The summed E-state index contributed by atoms with van der Waals surface area (Å²) >= 11 is 0. The van der Waals surface area contributed by atoms with Crippen LogP contribution in [0, 0.1) is 23.7 Å². The first kappa shape index (κ1) is 31.0. The minimum atomic E-state index is 0.341. The van der Waals surface area contributed by atoms with Gasteiger partial charge in [0.1, 0.15) is 0 Å². The molecule has 1 nitrogen and oxygen atoms in total. The standard InChI is InChI=1S/C32H65N/c1-8-11-14-21-29(6)33-32(7,25-12-9-2)26-18-23-30(10-3)22-16-13-15-19-27(4)31-24-17-20-28(31)5/h27-31,33H,8-26H2,1-7H3. The van der Waals surface area contributed by atoms with Crippen LogP contribution in [0.25, 0.3) is 0 Å². The molecule has 1 aliphatic carbocycles. The molecular weight excluding hydrogens is 398 g/mol. The van der Waals surface area contributed by atoms with Crippen molar-refractivity contribution in [3.63, 3.8) is 0 Å². The number of hydrogen-bond donors (Lipinski definition) is 1. The summed E-state index contributed by atoms with van der Waals surface area (Å²) in [6.07, 6.45) is 26.9. The van der Waals surface area contributed by atoms with Crippen LogP contribution in [0.4, 0.5) is 0 Å². The van der Waals surface area contributed by atoms with Crippen LogP contribution < -0.4 is 5.32 Å². The second kappa shape index (κ2) is 18.3. The van der Waals surface area contributed by atoms with Crippen LogP contribution in [-0.2, 0) is 0 Å². The maximum absolute atomic E-state index is 4.08. The van der Waals surface area contributed by atoms with Gasteiger partial charge in [0.15, 0.2) is 0 Å². The molecule has 0 radical (unpaired) electrons. The van der Waals surface area contributed by atoms with Gasteiger partial charge in [0, 0.05) is 11.6 Å². The smallest absolute Gasteiger partial charge is 0.0155 e. The fraction of sp³-hybridized carbons (Fsp3) is 1.00. The van der Waals surface area contributed by atoms with Gasteiger partial charge >= 0.3 is 0 Å². The molecule has 0 saturated heterocycles. The average Bonchev–Trinajstić information content (AvgIpc) is 3.22. The monoisotopic (exact) mass is 464 g/mol. The zero-order valence-corrected chi connectivity index (χ0v) is 24.3. The summed E-state index contributed by atoms with van der Waals surface area (Å²) in [6.45, 7) is 17.1. The van der Waals surface area contributed by atoms with Gasteiger partial charge in [-0.2, -0.15) is 0 Å². The van der Waals surface area contributed by atoms with Crippen molar-refractivity contribution in [2.24, 2.45) is 23.7 Å². The molecule has 6 unspecified atom stereocenters. The van der Waals surface area contributed by atoms with Crippen molar-refractivity contribution in [2.75, 3.05) is 0 Å². The van der Waals surface area contributed by atoms with E-state index in [4.69, 9.17) is 0 Å². The van der Waals surface area contributed by atoms with Crippen molar-refractivity contribution >= 4 is 0 Å². The Morgan fingerprint density at radius 3 is 2.03 bits per heavy atom. The molecule has 1 aliphatic rings. The summed E-state index contributed by atoms with van der Waals surface area (Å²) < 4.78 is 0. The molecule has 1 N–H and O–H groups in total. The van der Waals surface area contributed by atoms with Gasteiger partial charge in [-0.25, -0.2) is 0 Å². The van der Waals surface area contributed by atoms with Crippen LogP contribution in [0.15, 0.2) is 0 Å². The maximum atomic E-state index is 4.08. The zero-order chi connectivity index (χ0) is 24.5. The van der Waals surface area contributed by atoms with Gasteiger partial charge in [-0.05, 0) is 63.2 Å². The summed E-state index contributed by atoms with van der Waals surface area (Å²) in [6, 6.07) is 0.662. The second-order valence-corrected chi connectivity index (χ2v) is 12.6. The lowest BCUT2D eigenvalue weighted by Gasteiger charge is -2.35. The first-order chi connectivity index (χ1) is 15.8. The van der Waals surface area contributed by atoms with Crippen LogP contribution in [0.2, 0.25) is 0 Å². The first-order valence-corrected chi connectivity index (χ1v) is 15.6. The van der Waals surface area contributed by atoms with Gasteiger partial charge in [-0.3, -0.25) is 0 Å². The SMILES string of the molecule is CCCCCC(C)NC(C)(CCCC)CCCC(CC)CCCCCC(C)C1CCCC1C. The van der Waals surface area contributed by atoms with Crippen molar-refractivity contribution in [1.29, 1.82) is 0 Å². The summed E-state index contributed by atoms with van der Waals surface area (Å²) in [5.41, 5.74) is 0.341. The van der Waals surface area contributed by atoms with E-state index in [0.29, 0.717) is 11.6 Å². The molecular formula is C32H65N. The third-order valence-corrected chi connectivity index (χ3v) is 9.27. The van der Waals surface area contributed by atoms with E-state index in [9.17, 15) is 0 Å². The molecule has 1 rings (SSSR count). The van der Waals surface area contributed by atoms with Gasteiger partial charge < -0.3 is 5.32 Å². The Morgan fingerprint density at radius 1 is 0.758 bits per heavy atom. The third-order valence-electron chi connectivity index (χ3n) is 9.27. The molecule has 198 valence electrons. The van der Waals surface area contributed by atoms with E-state index in [1.807, 2.05) is 0 Å². The summed E-state index contributed by atoms with van der Waals surface area (Å²) in [5, 5.41) is 4.08. The molecule has 0 heterocycles. The Hall–Kier alpha value is -0.0400. The average molecular weight is 464 g/mol. The molecule has 1 heteroatoms. The highest BCUT2D eigenvalue weighted by atomic mass is 15.0. The predicted octanol–water partition coefficient (Wildman–Crippen LogP) is 10.7. The molecule has 0 spiro atoms. The predicted molar refractivity (Wildman–Crippen MR) is 151 cm³/mol. The number of nitrogens with one attached hydrogen (secondary N) is 1. The van der Waals surface area contributed by atoms with Crippen molar-refractivity contribution < 1.29 is 0 Å². The van der Waals surface area contributed by atoms with Crippen LogP contribution in [-0.4, -0.2) is 11.6 Å². The fourth-order valence-electron chi connectivity index (χ4n) is 6.85. The van der Waals surface area contributed by atoms with Crippen LogP contribution in [0.3, 0.4) is 0 Å². The van der Waals surface area contributed by atoms with Crippen molar-refractivity contribution in [1.82, 2.24) is 5.32 Å². The van der Waals surface area contributed by atoms with Crippen LogP contribution in [0.5, 0.6) is 0 Å². The highest BCUT2D eigenvalue weighted by Gasteiger charge is 2.28. The molecule has 6 atom stereocenters. The quantitative estimate of drug-likeness (QED) is 0.167. The Kier molecular flexibility index (Phi) is 17.1. The van der Waals surface area contributed by atoms with Gasteiger partial charge in [-0.1, -0.05) is 131 Å². The largest absolute Gasteiger partial charge is 0.309 e.